The Morgan fingerprint density at radius 2 is 1.80 bits per heavy atom. The molecule has 1 aliphatic carbocycles. The molecule has 5 N–H and O–H groups in total. The summed E-state index contributed by atoms with van der Waals surface area (Å²) in [5.74, 6) is -1.04. The third-order valence-electron chi connectivity index (χ3n) is 3.42. The monoisotopic (exact) mass is 214 g/mol. The minimum Gasteiger partial charge on any atom is -0.480 e. The summed E-state index contributed by atoms with van der Waals surface area (Å²) in [6.07, 6.45) is 2.16. The number of carbonyl (C=O) groups is 2. The molecule has 1 aliphatic rings. The first-order valence-electron chi connectivity index (χ1n) is 5.23. The molecule has 0 aromatic carbocycles. The van der Waals surface area contributed by atoms with Crippen LogP contribution in [0.4, 0.5) is 0 Å². The summed E-state index contributed by atoms with van der Waals surface area (Å²) in [6, 6.07) is 0. The van der Waals surface area contributed by atoms with Crippen LogP contribution in [-0.2, 0) is 9.59 Å². The Balaban J connectivity index is 2.78. The zero-order valence-corrected chi connectivity index (χ0v) is 8.74. The van der Waals surface area contributed by atoms with Crippen LogP contribution in [0.3, 0.4) is 0 Å². The Bertz CT molecular complexity index is 257. The SMILES string of the molecule is NCC(=O)C1(C(=O)O)CCC(CN)CC1. The van der Waals surface area contributed by atoms with Gasteiger partial charge in [-0.15, -0.1) is 0 Å². The van der Waals surface area contributed by atoms with E-state index in [2.05, 4.69) is 0 Å². The third kappa shape index (κ3) is 2.18. The Morgan fingerprint density at radius 3 is 2.13 bits per heavy atom. The number of nitrogens with two attached hydrogens (primary N) is 2. The topological polar surface area (TPSA) is 106 Å². The van der Waals surface area contributed by atoms with Gasteiger partial charge in [0, 0.05) is 0 Å². The van der Waals surface area contributed by atoms with E-state index in [1.165, 1.54) is 0 Å². The van der Waals surface area contributed by atoms with Crippen molar-refractivity contribution in [1.82, 2.24) is 0 Å². The summed E-state index contributed by atoms with van der Waals surface area (Å²) < 4.78 is 0. The van der Waals surface area contributed by atoms with E-state index in [1.54, 1.807) is 0 Å². The van der Waals surface area contributed by atoms with Gasteiger partial charge >= 0.3 is 5.97 Å². The molecule has 0 bridgehead atoms. The maximum atomic E-state index is 11.6. The van der Waals surface area contributed by atoms with Crippen LogP contribution in [-0.4, -0.2) is 29.9 Å². The molecule has 0 amide bonds. The number of rotatable bonds is 4. The Labute approximate surface area is 88.8 Å². The van der Waals surface area contributed by atoms with Crippen molar-refractivity contribution in [3.05, 3.63) is 0 Å². The number of carboxylic acid groups (broad SMARTS) is 1. The fraction of sp³-hybridized carbons (Fsp3) is 0.800. The van der Waals surface area contributed by atoms with Crippen LogP contribution in [0.5, 0.6) is 0 Å². The molecule has 0 radical (unpaired) electrons. The normalized spacial score (nSPS) is 31.2. The van der Waals surface area contributed by atoms with Crippen molar-refractivity contribution in [2.45, 2.75) is 25.7 Å². The van der Waals surface area contributed by atoms with E-state index in [0.717, 1.165) is 0 Å². The fourth-order valence-corrected chi connectivity index (χ4v) is 2.21. The van der Waals surface area contributed by atoms with Gasteiger partial charge in [-0.1, -0.05) is 0 Å². The minimum atomic E-state index is -1.24. The Morgan fingerprint density at radius 1 is 1.27 bits per heavy atom. The second-order valence-corrected chi connectivity index (χ2v) is 4.19. The average Bonchev–Trinajstić information content (AvgIpc) is 2.27. The van der Waals surface area contributed by atoms with Gasteiger partial charge in [-0.3, -0.25) is 9.59 Å². The first kappa shape index (κ1) is 12.1. The molecule has 0 saturated heterocycles. The van der Waals surface area contributed by atoms with Gasteiger partial charge in [-0.25, -0.2) is 0 Å². The molecule has 15 heavy (non-hydrogen) atoms. The standard InChI is InChI=1S/C10H18N2O3/c11-5-7-1-3-10(4-2-7,9(14)15)8(13)6-12/h7H,1-6,11-12H2,(H,14,15). The van der Waals surface area contributed by atoms with Gasteiger partial charge < -0.3 is 16.6 Å². The number of ketones is 1. The number of hydrogen-bond acceptors (Lipinski definition) is 4. The van der Waals surface area contributed by atoms with Crippen LogP contribution < -0.4 is 11.5 Å². The fourth-order valence-electron chi connectivity index (χ4n) is 2.21. The molecule has 86 valence electrons. The number of aliphatic carboxylic acids is 1. The third-order valence-corrected chi connectivity index (χ3v) is 3.42. The maximum Gasteiger partial charge on any atom is 0.317 e. The highest BCUT2D eigenvalue weighted by atomic mass is 16.4. The molecule has 0 unspecified atom stereocenters. The van der Waals surface area contributed by atoms with Crippen LogP contribution in [0.1, 0.15) is 25.7 Å². The maximum absolute atomic E-state index is 11.6. The smallest absolute Gasteiger partial charge is 0.317 e. The largest absolute Gasteiger partial charge is 0.480 e. The zero-order chi connectivity index (χ0) is 11.5. The molecule has 0 aromatic heterocycles. The quantitative estimate of drug-likeness (QED) is 0.559. The van der Waals surface area contributed by atoms with Crippen molar-refractivity contribution in [1.29, 1.82) is 0 Å². The number of carboxylic acids is 1. The second-order valence-electron chi connectivity index (χ2n) is 4.19. The van der Waals surface area contributed by atoms with Gasteiger partial charge in [0.05, 0.1) is 6.54 Å². The van der Waals surface area contributed by atoms with E-state index in [4.69, 9.17) is 16.6 Å². The van der Waals surface area contributed by atoms with Gasteiger partial charge in [0.25, 0.3) is 0 Å². The van der Waals surface area contributed by atoms with E-state index < -0.39 is 11.4 Å². The van der Waals surface area contributed by atoms with Gasteiger partial charge in [0.1, 0.15) is 5.41 Å². The molecule has 1 fully saturated rings. The molecular weight excluding hydrogens is 196 g/mol. The number of hydrogen-bond donors (Lipinski definition) is 3. The molecule has 1 saturated carbocycles. The van der Waals surface area contributed by atoms with E-state index in [9.17, 15) is 9.59 Å². The Hall–Kier alpha value is -0.940. The average molecular weight is 214 g/mol. The van der Waals surface area contributed by atoms with E-state index in [-0.39, 0.29) is 12.3 Å². The number of Topliss-reactive ketones (excluding diaryl/α,β-unsaturated/α-hetero) is 1. The molecule has 0 aliphatic heterocycles. The van der Waals surface area contributed by atoms with Crippen molar-refractivity contribution < 1.29 is 14.7 Å². The highest BCUT2D eigenvalue weighted by Gasteiger charge is 2.46. The molecule has 5 heteroatoms. The lowest BCUT2D eigenvalue weighted by Crippen LogP contribution is -2.46. The number of carbonyl (C=O) groups excluding carboxylic acids is 1. The summed E-state index contributed by atoms with van der Waals surface area (Å²) in [6.45, 7) is 0.367. The highest BCUT2D eigenvalue weighted by molar-refractivity contribution is 6.04. The Kier molecular flexibility index (Phi) is 3.82. The van der Waals surface area contributed by atoms with Crippen LogP contribution in [0.2, 0.25) is 0 Å². The van der Waals surface area contributed by atoms with Crippen molar-refractivity contribution in [2.75, 3.05) is 13.1 Å². The van der Waals surface area contributed by atoms with Crippen molar-refractivity contribution in [3.63, 3.8) is 0 Å². The summed E-state index contributed by atoms with van der Waals surface area (Å²) in [5.41, 5.74) is 9.54. The molecule has 1 rings (SSSR count). The second kappa shape index (κ2) is 4.72. The van der Waals surface area contributed by atoms with Gasteiger partial charge in [-0.2, -0.15) is 0 Å². The van der Waals surface area contributed by atoms with Crippen LogP contribution in [0.15, 0.2) is 0 Å². The predicted molar refractivity (Wildman–Crippen MR) is 55.1 cm³/mol. The lowest BCUT2D eigenvalue weighted by molar-refractivity contribution is -0.157. The summed E-state index contributed by atoms with van der Waals surface area (Å²) in [7, 11) is 0. The predicted octanol–water partition coefficient (Wildman–Crippen LogP) is -0.266. The minimum absolute atomic E-state index is 0.195. The van der Waals surface area contributed by atoms with E-state index in [0.29, 0.717) is 38.1 Å². The van der Waals surface area contributed by atoms with E-state index in [1.807, 2.05) is 0 Å². The summed E-state index contributed by atoms with van der Waals surface area (Å²) >= 11 is 0. The lowest BCUT2D eigenvalue weighted by Gasteiger charge is -2.34. The zero-order valence-electron chi connectivity index (χ0n) is 8.74. The molecular formula is C10H18N2O3. The molecule has 0 aromatic rings. The first-order chi connectivity index (χ1) is 7.06. The van der Waals surface area contributed by atoms with Gasteiger partial charge in [-0.05, 0) is 38.1 Å². The highest BCUT2D eigenvalue weighted by Crippen LogP contribution is 2.39. The van der Waals surface area contributed by atoms with Gasteiger partial charge in [0.15, 0.2) is 5.78 Å². The van der Waals surface area contributed by atoms with Gasteiger partial charge in [0.2, 0.25) is 0 Å². The molecule has 0 spiro atoms. The van der Waals surface area contributed by atoms with Crippen molar-refractivity contribution in [2.24, 2.45) is 22.8 Å². The molecule has 0 heterocycles. The summed E-state index contributed by atoms with van der Waals surface area (Å²) in [5, 5.41) is 9.14. The van der Waals surface area contributed by atoms with Crippen LogP contribution in [0.25, 0.3) is 0 Å². The van der Waals surface area contributed by atoms with E-state index >= 15 is 0 Å². The molecule has 0 atom stereocenters. The van der Waals surface area contributed by atoms with Crippen molar-refractivity contribution >= 4 is 11.8 Å². The first-order valence-corrected chi connectivity index (χ1v) is 5.23. The van der Waals surface area contributed by atoms with Crippen LogP contribution >= 0.6 is 0 Å². The van der Waals surface area contributed by atoms with Crippen molar-refractivity contribution in [3.8, 4) is 0 Å². The van der Waals surface area contributed by atoms with Crippen LogP contribution in [0, 0.1) is 11.3 Å². The molecule has 5 nitrogen and oxygen atoms in total. The lowest BCUT2D eigenvalue weighted by atomic mass is 9.68. The summed E-state index contributed by atoms with van der Waals surface area (Å²) in [4.78, 5) is 22.8.